The Bertz CT molecular complexity index is 1130. The Kier molecular flexibility index (Phi) is 6.18. The summed E-state index contributed by atoms with van der Waals surface area (Å²) in [4.78, 5) is 18.9. The standard InChI is InChI=1S/C21H21ClN2O5S2/c1-28-15-7-8-18(29-2)16(10-15)24-17-11-31(26,27)12-19(17)30-21(24)23-20(25)9-13-3-5-14(22)6-4-13/h3-8,10,17,19H,9,11-12H2,1-2H3/t17-,19-/m0/s1. The number of benzene rings is 2. The maximum atomic E-state index is 12.7. The lowest BCUT2D eigenvalue weighted by Crippen LogP contribution is -2.38. The molecular weight excluding hydrogens is 460 g/mol. The van der Waals surface area contributed by atoms with Crippen molar-refractivity contribution in [1.29, 1.82) is 0 Å². The van der Waals surface area contributed by atoms with E-state index < -0.39 is 9.84 Å². The largest absolute Gasteiger partial charge is 0.497 e. The molecule has 0 spiro atoms. The zero-order valence-electron chi connectivity index (χ0n) is 16.9. The number of hydrogen-bond donors (Lipinski definition) is 0. The highest BCUT2D eigenvalue weighted by Gasteiger charge is 2.50. The number of amidine groups is 1. The molecule has 4 rings (SSSR count). The van der Waals surface area contributed by atoms with Gasteiger partial charge in [0.2, 0.25) is 0 Å². The number of carbonyl (C=O) groups excluding carboxylic acids is 1. The Morgan fingerprint density at radius 1 is 1.16 bits per heavy atom. The van der Waals surface area contributed by atoms with Crippen LogP contribution < -0.4 is 14.4 Å². The van der Waals surface area contributed by atoms with Crippen molar-refractivity contribution in [3.05, 3.63) is 53.1 Å². The van der Waals surface area contributed by atoms with Crippen molar-refractivity contribution < 1.29 is 22.7 Å². The zero-order chi connectivity index (χ0) is 22.2. The van der Waals surface area contributed by atoms with E-state index in [4.69, 9.17) is 21.1 Å². The average Bonchev–Trinajstić information content (AvgIpc) is 3.19. The van der Waals surface area contributed by atoms with Crippen LogP contribution in [0, 0.1) is 0 Å². The van der Waals surface area contributed by atoms with E-state index in [1.54, 1.807) is 61.6 Å². The van der Waals surface area contributed by atoms with Crippen LogP contribution in [0.1, 0.15) is 5.56 Å². The normalized spacial score (nSPS) is 23.1. The third-order valence-corrected chi connectivity index (χ3v) is 8.66. The molecule has 31 heavy (non-hydrogen) atoms. The SMILES string of the molecule is COc1ccc(OC)c(N2C(=NC(=O)Cc3ccc(Cl)cc3)S[C@H]3CS(=O)(=O)C[C@@H]32)c1. The number of rotatable bonds is 5. The number of fused-ring (bicyclic) bond motifs is 1. The second-order valence-corrected chi connectivity index (χ2v) is 11.1. The highest BCUT2D eigenvalue weighted by Crippen LogP contribution is 2.45. The van der Waals surface area contributed by atoms with Gasteiger partial charge in [-0.2, -0.15) is 4.99 Å². The zero-order valence-corrected chi connectivity index (χ0v) is 19.3. The van der Waals surface area contributed by atoms with Gasteiger partial charge in [0.25, 0.3) is 5.91 Å². The molecule has 0 radical (unpaired) electrons. The Labute approximate surface area is 190 Å². The Hall–Kier alpha value is -2.23. The monoisotopic (exact) mass is 480 g/mol. The summed E-state index contributed by atoms with van der Waals surface area (Å²) in [5.74, 6) is 0.867. The number of thioether (sulfide) groups is 1. The van der Waals surface area contributed by atoms with E-state index >= 15 is 0 Å². The summed E-state index contributed by atoms with van der Waals surface area (Å²) in [5.41, 5.74) is 1.42. The van der Waals surface area contributed by atoms with Gasteiger partial charge in [-0.3, -0.25) is 4.79 Å². The molecule has 2 heterocycles. The van der Waals surface area contributed by atoms with Gasteiger partial charge in [-0.1, -0.05) is 35.5 Å². The van der Waals surface area contributed by atoms with Crippen molar-refractivity contribution in [1.82, 2.24) is 0 Å². The fourth-order valence-corrected chi connectivity index (χ4v) is 7.80. The topological polar surface area (TPSA) is 85.3 Å². The van der Waals surface area contributed by atoms with Gasteiger partial charge < -0.3 is 14.4 Å². The van der Waals surface area contributed by atoms with E-state index in [1.807, 2.05) is 0 Å². The minimum absolute atomic E-state index is 0.00454. The van der Waals surface area contributed by atoms with Crippen LogP contribution in [0.5, 0.6) is 11.5 Å². The van der Waals surface area contributed by atoms with Crippen molar-refractivity contribution in [2.45, 2.75) is 17.7 Å². The first kappa shape index (κ1) is 22.0. The number of anilines is 1. The summed E-state index contributed by atoms with van der Waals surface area (Å²) < 4.78 is 35.4. The van der Waals surface area contributed by atoms with E-state index in [-0.39, 0.29) is 35.1 Å². The molecule has 0 unspecified atom stereocenters. The predicted molar refractivity (Wildman–Crippen MR) is 123 cm³/mol. The molecule has 0 aromatic heterocycles. The van der Waals surface area contributed by atoms with E-state index in [0.29, 0.717) is 27.4 Å². The fraction of sp³-hybridized carbons (Fsp3) is 0.333. The third kappa shape index (κ3) is 4.68. The lowest BCUT2D eigenvalue weighted by molar-refractivity contribution is -0.117. The smallest absolute Gasteiger partial charge is 0.252 e. The average molecular weight is 481 g/mol. The number of hydrogen-bond acceptors (Lipinski definition) is 6. The van der Waals surface area contributed by atoms with Gasteiger partial charge >= 0.3 is 0 Å². The van der Waals surface area contributed by atoms with E-state index in [1.165, 1.54) is 11.8 Å². The molecule has 0 N–H and O–H groups in total. The molecule has 2 saturated heterocycles. The summed E-state index contributed by atoms with van der Waals surface area (Å²) in [6.45, 7) is 0. The maximum absolute atomic E-state index is 12.7. The van der Waals surface area contributed by atoms with Gasteiger partial charge in [0.15, 0.2) is 15.0 Å². The van der Waals surface area contributed by atoms with Crippen LogP contribution in [0.4, 0.5) is 5.69 Å². The van der Waals surface area contributed by atoms with E-state index in [2.05, 4.69) is 4.99 Å². The van der Waals surface area contributed by atoms with Gasteiger partial charge in [-0.15, -0.1) is 0 Å². The first-order valence-electron chi connectivity index (χ1n) is 9.54. The van der Waals surface area contributed by atoms with Crippen LogP contribution in [-0.4, -0.2) is 56.5 Å². The molecule has 1 amide bonds. The van der Waals surface area contributed by atoms with Gasteiger partial charge in [-0.25, -0.2) is 8.42 Å². The molecule has 0 saturated carbocycles. The minimum atomic E-state index is -3.17. The van der Waals surface area contributed by atoms with Gasteiger partial charge in [0, 0.05) is 16.3 Å². The molecular formula is C21H21ClN2O5S2. The first-order valence-corrected chi connectivity index (χ1v) is 12.6. The molecule has 2 aliphatic heterocycles. The van der Waals surface area contributed by atoms with Crippen molar-refractivity contribution in [2.24, 2.45) is 4.99 Å². The van der Waals surface area contributed by atoms with Crippen LogP contribution in [-0.2, 0) is 21.1 Å². The van der Waals surface area contributed by atoms with Crippen molar-refractivity contribution in [2.75, 3.05) is 30.6 Å². The number of amides is 1. The number of carbonyl (C=O) groups is 1. The molecule has 2 fully saturated rings. The quantitative estimate of drug-likeness (QED) is 0.649. The van der Waals surface area contributed by atoms with Gasteiger partial charge in [-0.05, 0) is 29.8 Å². The molecule has 0 bridgehead atoms. The lowest BCUT2D eigenvalue weighted by Gasteiger charge is -2.26. The number of aliphatic imine (C=N–C) groups is 1. The minimum Gasteiger partial charge on any atom is -0.497 e. The number of halogens is 1. The molecule has 2 aliphatic rings. The molecule has 164 valence electrons. The van der Waals surface area contributed by atoms with E-state index in [0.717, 1.165) is 5.56 Å². The van der Waals surface area contributed by atoms with Crippen LogP contribution >= 0.6 is 23.4 Å². The van der Waals surface area contributed by atoms with Crippen LogP contribution in [0.3, 0.4) is 0 Å². The van der Waals surface area contributed by atoms with Crippen LogP contribution in [0.15, 0.2) is 47.5 Å². The summed E-state index contributed by atoms with van der Waals surface area (Å²) >= 11 is 7.23. The molecule has 0 aliphatic carbocycles. The number of methoxy groups -OCH3 is 2. The molecule has 2 aromatic carbocycles. The summed E-state index contributed by atoms with van der Waals surface area (Å²) in [6.07, 6.45) is 0.123. The Balaban J connectivity index is 1.70. The Morgan fingerprint density at radius 3 is 2.58 bits per heavy atom. The van der Waals surface area contributed by atoms with Gasteiger partial charge in [0.1, 0.15) is 11.5 Å². The molecule has 2 aromatic rings. The predicted octanol–water partition coefficient (Wildman–Crippen LogP) is 3.20. The number of ether oxygens (including phenoxy) is 2. The highest BCUT2D eigenvalue weighted by atomic mass is 35.5. The first-order chi connectivity index (χ1) is 14.8. The number of nitrogens with zero attached hydrogens (tertiary/aromatic N) is 2. The van der Waals surface area contributed by atoms with Crippen molar-refractivity contribution >= 4 is 50.0 Å². The lowest BCUT2D eigenvalue weighted by atomic mass is 10.1. The fourth-order valence-electron chi connectivity index (χ4n) is 3.75. The maximum Gasteiger partial charge on any atom is 0.252 e. The third-order valence-electron chi connectivity index (χ3n) is 5.20. The van der Waals surface area contributed by atoms with Crippen molar-refractivity contribution in [3.63, 3.8) is 0 Å². The summed E-state index contributed by atoms with van der Waals surface area (Å²) in [5, 5.41) is 0.859. The molecule has 7 nitrogen and oxygen atoms in total. The van der Waals surface area contributed by atoms with Crippen LogP contribution in [0.25, 0.3) is 0 Å². The van der Waals surface area contributed by atoms with Crippen molar-refractivity contribution in [3.8, 4) is 11.5 Å². The molecule has 10 heteroatoms. The van der Waals surface area contributed by atoms with Gasteiger partial charge in [0.05, 0.1) is 43.9 Å². The highest BCUT2D eigenvalue weighted by molar-refractivity contribution is 8.16. The van der Waals surface area contributed by atoms with Crippen LogP contribution in [0.2, 0.25) is 5.02 Å². The molecule has 2 atom stereocenters. The number of sulfone groups is 1. The second-order valence-electron chi connectivity index (χ2n) is 7.30. The second kappa shape index (κ2) is 8.72. The van der Waals surface area contributed by atoms with E-state index in [9.17, 15) is 13.2 Å². The summed E-state index contributed by atoms with van der Waals surface area (Å²) in [7, 11) is -0.0783. The summed E-state index contributed by atoms with van der Waals surface area (Å²) in [6, 6.07) is 12.0. The Morgan fingerprint density at radius 2 is 1.90 bits per heavy atom.